The van der Waals surface area contributed by atoms with Crippen molar-refractivity contribution in [3.05, 3.63) is 53.9 Å². The number of pyridine rings is 1. The van der Waals surface area contributed by atoms with E-state index in [0.29, 0.717) is 24.7 Å². The summed E-state index contributed by atoms with van der Waals surface area (Å²) < 4.78 is 41.9. The molecule has 1 amide bonds. The number of alkyl halides is 3. The molecule has 4 rings (SSSR count). The molecule has 0 spiro atoms. The van der Waals surface area contributed by atoms with Gasteiger partial charge in [0, 0.05) is 55.2 Å². The van der Waals surface area contributed by atoms with Crippen molar-refractivity contribution in [3.8, 4) is 11.4 Å². The second-order valence-corrected chi connectivity index (χ2v) is 8.23. The summed E-state index contributed by atoms with van der Waals surface area (Å²) in [6, 6.07) is 4.83. The second-order valence-electron chi connectivity index (χ2n) is 8.23. The van der Waals surface area contributed by atoms with Gasteiger partial charge in [-0.1, -0.05) is 0 Å². The molecule has 32 heavy (non-hydrogen) atoms. The van der Waals surface area contributed by atoms with Crippen LogP contribution in [0.3, 0.4) is 0 Å². The molecule has 3 aromatic rings. The maximum Gasteiger partial charge on any atom is 0.435 e. The van der Waals surface area contributed by atoms with E-state index in [9.17, 15) is 18.0 Å². The quantitative estimate of drug-likeness (QED) is 0.599. The first-order chi connectivity index (χ1) is 15.2. The number of carbonyl (C=O) groups excluding carboxylic acids is 1. The van der Waals surface area contributed by atoms with Gasteiger partial charge in [-0.2, -0.15) is 18.3 Å². The molecule has 0 bridgehead atoms. The number of imidazole rings is 1. The molecule has 3 aromatic heterocycles. The Balaban J connectivity index is 1.36. The van der Waals surface area contributed by atoms with Gasteiger partial charge in [0.15, 0.2) is 5.69 Å². The van der Waals surface area contributed by atoms with Gasteiger partial charge in [0.2, 0.25) is 5.91 Å². The van der Waals surface area contributed by atoms with Crippen molar-refractivity contribution in [2.75, 3.05) is 13.1 Å². The first-order valence-corrected chi connectivity index (χ1v) is 10.5. The highest BCUT2D eigenvalue weighted by molar-refractivity contribution is 5.76. The summed E-state index contributed by atoms with van der Waals surface area (Å²) in [5.41, 5.74) is 1.37. The second kappa shape index (κ2) is 8.76. The third-order valence-electron chi connectivity index (χ3n) is 5.94. The van der Waals surface area contributed by atoms with Gasteiger partial charge in [0.05, 0.1) is 0 Å². The molecule has 7 nitrogen and oxygen atoms in total. The molecule has 0 aliphatic carbocycles. The predicted octanol–water partition coefficient (Wildman–Crippen LogP) is 3.72. The lowest BCUT2D eigenvalue weighted by Crippen LogP contribution is -2.41. The lowest BCUT2D eigenvalue weighted by Gasteiger charge is -2.32. The molecule has 0 radical (unpaired) electrons. The number of aromatic nitrogens is 5. The zero-order valence-electron chi connectivity index (χ0n) is 18.0. The molecule has 1 aliphatic heterocycles. The van der Waals surface area contributed by atoms with Crippen molar-refractivity contribution in [2.45, 2.75) is 46.0 Å². The maximum atomic E-state index is 12.9. The monoisotopic (exact) mass is 446 g/mol. The van der Waals surface area contributed by atoms with Crippen LogP contribution >= 0.6 is 0 Å². The predicted molar refractivity (Wildman–Crippen MR) is 111 cm³/mol. The van der Waals surface area contributed by atoms with Gasteiger partial charge in [-0.05, 0) is 50.8 Å². The van der Waals surface area contributed by atoms with Crippen LogP contribution in [0.15, 0.2) is 36.8 Å². The Morgan fingerprint density at radius 1 is 1.16 bits per heavy atom. The number of rotatable bonds is 5. The molecule has 170 valence electrons. The topological polar surface area (TPSA) is 68.8 Å². The van der Waals surface area contributed by atoms with Crippen molar-refractivity contribution < 1.29 is 18.0 Å². The maximum absolute atomic E-state index is 12.9. The third kappa shape index (κ3) is 4.68. The van der Waals surface area contributed by atoms with Gasteiger partial charge < -0.3 is 9.47 Å². The van der Waals surface area contributed by atoms with Crippen LogP contribution in [0.25, 0.3) is 11.4 Å². The van der Waals surface area contributed by atoms with E-state index in [1.807, 2.05) is 25.3 Å². The highest BCUT2D eigenvalue weighted by Crippen LogP contribution is 2.29. The molecule has 4 heterocycles. The average Bonchev–Trinajstić information content (AvgIpc) is 3.32. The summed E-state index contributed by atoms with van der Waals surface area (Å²) in [6.45, 7) is 5.31. The minimum absolute atomic E-state index is 0.182. The average molecular weight is 446 g/mol. The van der Waals surface area contributed by atoms with Crippen molar-refractivity contribution in [1.82, 2.24) is 29.2 Å². The van der Waals surface area contributed by atoms with Crippen molar-refractivity contribution >= 4 is 5.91 Å². The van der Waals surface area contributed by atoms with E-state index in [2.05, 4.69) is 19.6 Å². The standard InChI is InChI=1S/C22H25F3N6O/c1-15-10-19(22(23,24)25)28-31(15)14-20(32)29-8-5-17(6-9-29)13-30-16(2)11-27-21(30)18-4-3-7-26-12-18/h3-4,7,10-12,17H,5-6,8-9,13-14H2,1-2H3. The smallest absolute Gasteiger partial charge is 0.341 e. The molecule has 10 heteroatoms. The summed E-state index contributed by atoms with van der Waals surface area (Å²) in [6.07, 6.45) is 2.50. The van der Waals surface area contributed by atoms with Gasteiger partial charge >= 0.3 is 6.18 Å². The SMILES string of the molecule is Cc1cc(C(F)(F)F)nn1CC(=O)N1CCC(Cn2c(C)cnc2-c2cccnc2)CC1. The fourth-order valence-electron chi connectivity index (χ4n) is 4.08. The van der Waals surface area contributed by atoms with E-state index in [0.717, 1.165) is 47.2 Å². The van der Waals surface area contributed by atoms with E-state index >= 15 is 0 Å². The number of piperidine rings is 1. The van der Waals surface area contributed by atoms with Crippen LogP contribution < -0.4 is 0 Å². The van der Waals surface area contributed by atoms with Crippen LogP contribution in [-0.2, 0) is 24.1 Å². The van der Waals surface area contributed by atoms with Crippen molar-refractivity contribution in [3.63, 3.8) is 0 Å². The van der Waals surface area contributed by atoms with Crippen molar-refractivity contribution in [2.24, 2.45) is 5.92 Å². The Morgan fingerprint density at radius 3 is 2.53 bits per heavy atom. The number of hydrogen-bond donors (Lipinski definition) is 0. The van der Waals surface area contributed by atoms with Crippen molar-refractivity contribution in [1.29, 1.82) is 0 Å². The number of amides is 1. The highest BCUT2D eigenvalue weighted by atomic mass is 19.4. The Hall–Kier alpha value is -3.17. The largest absolute Gasteiger partial charge is 0.435 e. The van der Waals surface area contributed by atoms with Gasteiger partial charge in [0.1, 0.15) is 12.4 Å². The highest BCUT2D eigenvalue weighted by Gasteiger charge is 2.35. The van der Waals surface area contributed by atoms with E-state index in [1.165, 1.54) is 6.92 Å². The molecule has 0 unspecified atom stereocenters. The number of hydrogen-bond acceptors (Lipinski definition) is 4. The van der Waals surface area contributed by atoms with Crippen LogP contribution in [0.5, 0.6) is 0 Å². The number of carbonyl (C=O) groups is 1. The molecule has 0 aromatic carbocycles. The van der Waals surface area contributed by atoms with Crippen LogP contribution in [0, 0.1) is 19.8 Å². The normalized spacial score (nSPS) is 15.3. The Labute approximate surface area is 183 Å². The van der Waals surface area contributed by atoms with E-state index < -0.39 is 11.9 Å². The Kier molecular flexibility index (Phi) is 6.03. The first kappa shape index (κ1) is 22.0. The van der Waals surface area contributed by atoms with Gasteiger partial charge in [-0.25, -0.2) is 4.98 Å². The molecule has 1 aliphatic rings. The molecular formula is C22H25F3N6O. The molecular weight excluding hydrogens is 421 g/mol. The molecule has 0 N–H and O–H groups in total. The molecule has 0 saturated carbocycles. The minimum Gasteiger partial charge on any atom is -0.341 e. The summed E-state index contributed by atoms with van der Waals surface area (Å²) in [5, 5.41) is 3.56. The fraction of sp³-hybridized carbons (Fsp3) is 0.455. The Bertz CT molecular complexity index is 1080. The fourth-order valence-corrected chi connectivity index (χ4v) is 4.08. The van der Waals surface area contributed by atoms with Crippen LogP contribution in [-0.4, -0.2) is 48.2 Å². The van der Waals surface area contributed by atoms with Gasteiger partial charge in [-0.15, -0.1) is 0 Å². The van der Waals surface area contributed by atoms with E-state index in [4.69, 9.17) is 0 Å². The number of aryl methyl sites for hydroxylation is 2. The summed E-state index contributed by atoms with van der Waals surface area (Å²) >= 11 is 0. The van der Waals surface area contributed by atoms with Crippen LogP contribution in [0.2, 0.25) is 0 Å². The van der Waals surface area contributed by atoms with Gasteiger partial charge in [-0.3, -0.25) is 14.5 Å². The molecule has 0 atom stereocenters. The summed E-state index contributed by atoms with van der Waals surface area (Å²) in [5.74, 6) is 1.05. The number of likely N-dealkylation sites (tertiary alicyclic amines) is 1. The van der Waals surface area contributed by atoms with Gasteiger partial charge in [0.25, 0.3) is 0 Å². The number of halogens is 3. The molecule has 1 saturated heterocycles. The lowest BCUT2D eigenvalue weighted by atomic mass is 9.96. The van der Waals surface area contributed by atoms with Crippen LogP contribution in [0.4, 0.5) is 13.2 Å². The first-order valence-electron chi connectivity index (χ1n) is 10.5. The third-order valence-corrected chi connectivity index (χ3v) is 5.94. The zero-order valence-corrected chi connectivity index (χ0v) is 18.0. The van der Waals surface area contributed by atoms with E-state index in [1.54, 1.807) is 17.3 Å². The van der Waals surface area contributed by atoms with E-state index in [-0.39, 0.29) is 12.5 Å². The zero-order chi connectivity index (χ0) is 22.9. The summed E-state index contributed by atoms with van der Waals surface area (Å²) in [7, 11) is 0. The van der Waals surface area contributed by atoms with Crippen LogP contribution in [0.1, 0.15) is 29.9 Å². The molecule has 1 fully saturated rings. The lowest BCUT2D eigenvalue weighted by molar-refractivity contribution is -0.142. The number of nitrogens with zero attached hydrogens (tertiary/aromatic N) is 6. The minimum atomic E-state index is -4.52. The Morgan fingerprint density at radius 2 is 1.91 bits per heavy atom. The summed E-state index contributed by atoms with van der Waals surface area (Å²) in [4.78, 5) is 23.1.